The molecule has 13 rings (SSSR count). The topological polar surface area (TPSA) is 0 Å². The monoisotopic (exact) mass is 770 g/mol. The second kappa shape index (κ2) is 13.1. The molecule has 2 aliphatic carbocycles. The number of fused-ring (bicyclic) bond motifs is 10. The molecule has 0 radical (unpaired) electrons. The van der Waals surface area contributed by atoms with Crippen LogP contribution in [0.25, 0.3) is 99.1 Å². The molecule has 0 aliphatic heterocycles. The van der Waals surface area contributed by atoms with Gasteiger partial charge in [0, 0.05) is 0 Å². The van der Waals surface area contributed by atoms with Gasteiger partial charge in [0.15, 0.2) is 0 Å². The molecule has 0 saturated carbocycles. The average molecular weight is 771 g/mol. The molecule has 0 atom stereocenters. The third-order valence-electron chi connectivity index (χ3n) is 13.7. The Morgan fingerprint density at radius 3 is 1.21 bits per heavy atom. The molecule has 61 heavy (non-hydrogen) atoms. The van der Waals surface area contributed by atoms with E-state index in [9.17, 15) is 0 Å². The summed E-state index contributed by atoms with van der Waals surface area (Å²) in [5.74, 6) is 0. The Bertz CT molecular complexity index is 3430. The van der Waals surface area contributed by atoms with Crippen molar-refractivity contribution in [2.75, 3.05) is 0 Å². The first-order valence-electron chi connectivity index (χ1n) is 21.4. The van der Waals surface area contributed by atoms with Gasteiger partial charge in [0.1, 0.15) is 0 Å². The Labute approximate surface area is 355 Å². The van der Waals surface area contributed by atoms with Crippen LogP contribution in [0.2, 0.25) is 0 Å². The predicted octanol–water partition coefficient (Wildman–Crippen LogP) is 16.2. The van der Waals surface area contributed by atoms with Crippen molar-refractivity contribution < 1.29 is 0 Å². The molecule has 0 bridgehead atoms. The fourth-order valence-corrected chi connectivity index (χ4v) is 11.3. The van der Waals surface area contributed by atoms with Crippen LogP contribution < -0.4 is 0 Å². The Kier molecular flexibility index (Phi) is 7.32. The molecule has 11 aromatic rings. The molecule has 11 aromatic carbocycles. The maximum atomic E-state index is 2.52. The third-order valence-corrected chi connectivity index (χ3v) is 13.7. The Hall–Kier alpha value is -7.80. The van der Waals surface area contributed by atoms with Crippen LogP contribution in [0.5, 0.6) is 0 Å². The Morgan fingerprint density at radius 2 is 0.623 bits per heavy atom. The van der Waals surface area contributed by atoms with E-state index in [2.05, 4.69) is 231 Å². The summed E-state index contributed by atoms with van der Waals surface area (Å²) in [5, 5.41) is 7.61. The molecule has 0 N–H and O–H groups in total. The number of hydrogen-bond donors (Lipinski definition) is 0. The van der Waals surface area contributed by atoms with E-state index in [1.54, 1.807) is 0 Å². The maximum absolute atomic E-state index is 2.52. The largest absolute Gasteiger partial charge is 0.0713 e. The second-order valence-corrected chi connectivity index (χ2v) is 16.6. The first-order valence-corrected chi connectivity index (χ1v) is 21.4. The van der Waals surface area contributed by atoms with E-state index in [0.717, 1.165) is 0 Å². The highest BCUT2D eigenvalue weighted by Gasteiger charge is 2.46. The minimum absolute atomic E-state index is 0.477. The van der Waals surface area contributed by atoms with Crippen molar-refractivity contribution in [1.29, 1.82) is 0 Å². The maximum Gasteiger partial charge on any atom is 0.0713 e. The van der Waals surface area contributed by atoms with Crippen LogP contribution >= 0.6 is 0 Å². The zero-order valence-electron chi connectivity index (χ0n) is 33.4. The minimum Gasteiger partial charge on any atom is -0.0622 e. The molecule has 282 valence electrons. The lowest BCUT2D eigenvalue weighted by Gasteiger charge is -2.34. The predicted molar refractivity (Wildman–Crippen MR) is 257 cm³/mol. The van der Waals surface area contributed by atoms with Crippen molar-refractivity contribution in [3.8, 4) is 66.8 Å². The van der Waals surface area contributed by atoms with Gasteiger partial charge in [-0.2, -0.15) is 0 Å². The summed E-state index contributed by atoms with van der Waals surface area (Å²) in [4.78, 5) is 0. The highest BCUT2D eigenvalue weighted by atomic mass is 14.5. The lowest BCUT2D eigenvalue weighted by Crippen LogP contribution is -2.28. The lowest BCUT2D eigenvalue weighted by molar-refractivity contribution is 0.769. The fraction of sp³-hybridized carbons (Fsp3) is 0.0164. The van der Waals surface area contributed by atoms with E-state index in [1.165, 1.54) is 121 Å². The number of rotatable bonds is 4. The summed E-state index contributed by atoms with van der Waals surface area (Å²) in [6, 6.07) is 86.3. The Morgan fingerprint density at radius 1 is 0.230 bits per heavy atom. The second-order valence-electron chi connectivity index (χ2n) is 16.6. The first-order chi connectivity index (χ1) is 30.3. The molecule has 2 aliphatic rings. The highest BCUT2D eigenvalue weighted by molar-refractivity contribution is 6.26. The van der Waals surface area contributed by atoms with Crippen LogP contribution in [0.3, 0.4) is 0 Å². The summed E-state index contributed by atoms with van der Waals surface area (Å²) in [7, 11) is 0. The van der Waals surface area contributed by atoms with Crippen molar-refractivity contribution in [3.05, 3.63) is 253 Å². The van der Waals surface area contributed by atoms with Crippen LogP contribution in [0, 0.1) is 0 Å². The number of benzene rings is 11. The molecule has 0 heterocycles. The van der Waals surface area contributed by atoms with Crippen molar-refractivity contribution in [2.45, 2.75) is 5.41 Å². The number of hydrogen-bond acceptors (Lipinski definition) is 0. The molecule has 0 amide bonds. The van der Waals surface area contributed by atoms with Gasteiger partial charge in [-0.3, -0.25) is 0 Å². The average Bonchev–Trinajstić information content (AvgIpc) is 3.57. The highest BCUT2D eigenvalue weighted by Crippen LogP contribution is 2.58. The molecule has 0 unspecified atom stereocenters. The van der Waals surface area contributed by atoms with Gasteiger partial charge in [-0.05, 0) is 127 Å². The molecular weight excluding hydrogens is 733 g/mol. The van der Waals surface area contributed by atoms with E-state index < -0.39 is 5.41 Å². The summed E-state index contributed by atoms with van der Waals surface area (Å²) in [6.07, 6.45) is 0. The molecular formula is C61H38. The van der Waals surface area contributed by atoms with Gasteiger partial charge in [-0.1, -0.05) is 224 Å². The van der Waals surface area contributed by atoms with Crippen LogP contribution in [-0.2, 0) is 5.41 Å². The summed E-state index contributed by atoms with van der Waals surface area (Å²) >= 11 is 0. The molecule has 0 aromatic heterocycles. The van der Waals surface area contributed by atoms with E-state index in [-0.39, 0.29) is 0 Å². The third kappa shape index (κ3) is 4.71. The molecule has 0 fully saturated rings. The fourth-order valence-electron chi connectivity index (χ4n) is 11.3. The van der Waals surface area contributed by atoms with Crippen molar-refractivity contribution in [1.82, 2.24) is 0 Å². The molecule has 0 heteroatoms. The molecule has 0 nitrogen and oxygen atoms in total. The van der Waals surface area contributed by atoms with Crippen LogP contribution in [0.4, 0.5) is 0 Å². The van der Waals surface area contributed by atoms with Crippen molar-refractivity contribution >= 4 is 32.3 Å². The van der Waals surface area contributed by atoms with Crippen LogP contribution in [-0.4, -0.2) is 0 Å². The van der Waals surface area contributed by atoms with Gasteiger partial charge < -0.3 is 0 Å². The first kappa shape index (κ1) is 34.1. The molecule has 0 saturated heterocycles. The van der Waals surface area contributed by atoms with E-state index in [1.807, 2.05) is 0 Å². The summed E-state index contributed by atoms with van der Waals surface area (Å²) < 4.78 is 0. The quantitative estimate of drug-likeness (QED) is 0.156. The normalized spacial score (nSPS) is 13.0. The zero-order chi connectivity index (χ0) is 40.1. The lowest BCUT2D eigenvalue weighted by atomic mass is 9.67. The van der Waals surface area contributed by atoms with E-state index in [4.69, 9.17) is 0 Å². The van der Waals surface area contributed by atoms with Crippen molar-refractivity contribution in [3.63, 3.8) is 0 Å². The van der Waals surface area contributed by atoms with Gasteiger partial charge in [-0.15, -0.1) is 0 Å². The smallest absolute Gasteiger partial charge is 0.0622 e. The van der Waals surface area contributed by atoms with Crippen molar-refractivity contribution in [2.24, 2.45) is 0 Å². The standard InChI is InChI=1S/C61H38/c1-3-18-40(19-4-1)61(41-20-5-2-6-21-41)56-33-16-15-26-46(56)47-35-34-39(38-57(47)61)58-49-27-11-13-29-51(49)60(52-30-14-12-28-50(52)58)55-37-36-54-45-25-10-8-23-43(45)42-22-7-9-24-44(42)48-31-17-32-53(55)59(48)54/h1-38H. The minimum atomic E-state index is -0.477. The van der Waals surface area contributed by atoms with Crippen LogP contribution in [0.1, 0.15) is 22.3 Å². The summed E-state index contributed by atoms with van der Waals surface area (Å²) in [6.45, 7) is 0. The van der Waals surface area contributed by atoms with Gasteiger partial charge in [-0.25, -0.2) is 0 Å². The van der Waals surface area contributed by atoms with Gasteiger partial charge >= 0.3 is 0 Å². The van der Waals surface area contributed by atoms with E-state index >= 15 is 0 Å². The van der Waals surface area contributed by atoms with Gasteiger partial charge in [0.2, 0.25) is 0 Å². The van der Waals surface area contributed by atoms with Crippen LogP contribution in [0.15, 0.2) is 231 Å². The van der Waals surface area contributed by atoms with Gasteiger partial charge in [0.25, 0.3) is 0 Å². The summed E-state index contributed by atoms with van der Waals surface area (Å²) in [5.41, 5.74) is 20.0. The molecule has 0 spiro atoms. The Balaban J connectivity index is 1.11. The zero-order valence-corrected chi connectivity index (χ0v) is 33.4. The SMILES string of the molecule is c1ccc(C2(c3ccccc3)c3ccccc3-c3ccc(-c4c5ccccc5c(-c5ccc6c7c(cccc57)-c5ccccc5-c5ccccc5-6)c5ccccc45)cc32)cc1. The van der Waals surface area contributed by atoms with Gasteiger partial charge in [0.05, 0.1) is 5.41 Å². The van der Waals surface area contributed by atoms with E-state index in [0.29, 0.717) is 0 Å².